The van der Waals surface area contributed by atoms with Gasteiger partial charge in [0.05, 0.1) is 6.61 Å². The van der Waals surface area contributed by atoms with Crippen molar-refractivity contribution < 1.29 is 37.7 Å². The van der Waals surface area contributed by atoms with Gasteiger partial charge in [-0.1, -0.05) is 63.8 Å². The van der Waals surface area contributed by atoms with Gasteiger partial charge in [-0.15, -0.1) is 0 Å². The largest absolute Gasteiger partial charge is 0.508 e. The van der Waals surface area contributed by atoms with Crippen LogP contribution < -0.4 is 9.47 Å². The fourth-order valence-electron chi connectivity index (χ4n) is 3.90. The van der Waals surface area contributed by atoms with Crippen LogP contribution >= 0.6 is 0 Å². The maximum Gasteiger partial charge on any atom is 0.508 e. The van der Waals surface area contributed by atoms with Gasteiger partial charge in [-0.3, -0.25) is 0 Å². The molecule has 2 aromatic carbocycles. The molecule has 1 heterocycles. The molecule has 0 spiro atoms. The lowest BCUT2D eigenvalue weighted by Gasteiger charge is -2.34. The van der Waals surface area contributed by atoms with E-state index < -0.39 is 23.4 Å². The Bertz CT molecular complexity index is 1070. The molecule has 0 unspecified atom stereocenters. The summed E-state index contributed by atoms with van der Waals surface area (Å²) in [6.45, 7) is 7.81. The molecule has 0 N–H and O–H groups in total. The molecule has 38 heavy (non-hydrogen) atoms. The summed E-state index contributed by atoms with van der Waals surface area (Å²) in [5.41, 5.74) is 0.946. The van der Waals surface area contributed by atoms with Crippen LogP contribution in [-0.2, 0) is 19.0 Å². The first-order chi connectivity index (χ1) is 18.3. The SMILES string of the molecule is C=C(C)C(=O)OCC1(COc2ccc(-c3ccc(OCCCCCCCC)c(F)c3)cc2)COC(=O)OC1. The normalized spacial score (nSPS) is 14.2. The zero-order valence-electron chi connectivity index (χ0n) is 22.3. The molecular formula is C30H37FO7. The van der Waals surface area contributed by atoms with Crippen LogP contribution in [-0.4, -0.2) is 45.2 Å². The van der Waals surface area contributed by atoms with Crippen LogP contribution in [0.2, 0.25) is 0 Å². The zero-order chi connectivity index (χ0) is 27.4. The number of ether oxygens (including phenoxy) is 5. The maximum atomic E-state index is 14.6. The van der Waals surface area contributed by atoms with E-state index in [1.54, 1.807) is 25.1 Å². The standard InChI is InChI=1S/C30H37FO7/c1-4-5-6-7-8-9-16-34-27-15-12-24(17-26(27)31)23-10-13-25(14-11-23)35-18-30(19-36-28(32)22(2)3)20-37-29(33)38-21-30/h10-15,17H,2,4-9,16,18-21H2,1,3H3. The molecule has 1 saturated heterocycles. The van der Waals surface area contributed by atoms with Crippen molar-refractivity contribution in [3.05, 3.63) is 60.4 Å². The van der Waals surface area contributed by atoms with Crippen molar-refractivity contribution in [3.63, 3.8) is 0 Å². The summed E-state index contributed by atoms with van der Waals surface area (Å²) in [7, 11) is 0. The molecule has 1 fully saturated rings. The molecule has 8 heteroatoms. The molecule has 0 bridgehead atoms. The predicted molar refractivity (Wildman–Crippen MR) is 142 cm³/mol. The lowest BCUT2D eigenvalue weighted by Crippen LogP contribution is -2.47. The van der Waals surface area contributed by atoms with Gasteiger partial charge < -0.3 is 23.7 Å². The van der Waals surface area contributed by atoms with Gasteiger partial charge in [0.25, 0.3) is 0 Å². The van der Waals surface area contributed by atoms with Gasteiger partial charge >= 0.3 is 12.1 Å². The number of carbonyl (C=O) groups is 2. The van der Waals surface area contributed by atoms with E-state index in [9.17, 15) is 14.0 Å². The first kappa shape index (κ1) is 29.0. The number of esters is 1. The van der Waals surface area contributed by atoms with Gasteiger partial charge in [-0.25, -0.2) is 14.0 Å². The van der Waals surface area contributed by atoms with E-state index in [2.05, 4.69) is 13.5 Å². The fraction of sp³-hybridized carbons (Fsp3) is 0.467. The fourth-order valence-corrected chi connectivity index (χ4v) is 3.90. The number of halogens is 1. The lowest BCUT2D eigenvalue weighted by atomic mass is 9.91. The maximum absolute atomic E-state index is 14.6. The molecule has 0 saturated carbocycles. The highest BCUT2D eigenvalue weighted by Crippen LogP contribution is 2.29. The van der Waals surface area contributed by atoms with Crippen LogP contribution in [0.1, 0.15) is 52.4 Å². The van der Waals surface area contributed by atoms with E-state index in [4.69, 9.17) is 23.7 Å². The summed E-state index contributed by atoms with van der Waals surface area (Å²) in [5.74, 6) is -0.130. The Morgan fingerprint density at radius 3 is 2.26 bits per heavy atom. The van der Waals surface area contributed by atoms with Crippen molar-refractivity contribution in [3.8, 4) is 22.6 Å². The Labute approximate surface area is 223 Å². The summed E-state index contributed by atoms with van der Waals surface area (Å²) >= 11 is 0. The highest BCUT2D eigenvalue weighted by Gasteiger charge is 2.40. The van der Waals surface area contributed by atoms with Gasteiger partial charge in [-0.2, -0.15) is 0 Å². The summed E-state index contributed by atoms with van der Waals surface area (Å²) in [6, 6.07) is 12.1. The van der Waals surface area contributed by atoms with Crippen molar-refractivity contribution in [2.24, 2.45) is 5.41 Å². The number of unbranched alkanes of at least 4 members (excludes halogenated alkanes) is 5. The van der Waals surface area contributed by atoms with Crippen LogP contribution in [0.15, 0.2) is 54.6 Å². The molecule has 0 aromatic heterocycles. The summed E-state index contributed by atoms with van der Waals surface area (Å²) < 4.78 is 41.5. The summed E-state index contributed by atoms with van der Waals surface area (Å²) in [5, 5.41) is 0. The van der Waals surface area contributed by atoms with Gasteiger partial charge in [0, 0.05) is 5.57 Å². The van der Waals surface area contributed by atoms with E-state index in [-0.39, 0.29) is 37.8 Å². The second kappa shape index (κ2) is 14.4. The summed E-state index contributed by atoms with van der Waals surface area (Å²) in [4.78, 5) is 23.2. The third-order valence-electron chi connectivity index (χ3n) is 6.27. The third kappa shape index (κ3) is 8.78. The van der Waals surface area contributed by atoms with E-state index >= 15 is 0 Å². The molecule has 0 aliphatic carbocycles. The molecule has 0 atom stereocenters. The Morgan fingerprint density at radius 2 is 1.61 bits per heavy atom. The van der Waals surface area contributed by atoms with Crippen molar-refractivity contribution in [1.82, 2.24) is 0 Å². The smallest absolute Gasteiger partial charge is 0.493 e. The molecule has 0 radical (unpaired) electrons. The minimum absolute atomic E-state index is 0.0139. The molecule has 1 aliphatic heterocycles. The van der Waals surface area contributed by atoms with E-state index in [0.717, 1.165) is 24.0 Å². The van der Waals surface area contributed by atoms with Crippen LogP contribution in [0.3, 0.4) is 0 Å². The molecule has 3 rings (SSSR count). The van der Waals surface area contributed by atoms with Crippen molar-refractivity contribution in [2.45, 2.75) is 52.4 Å². The second-order valence-corrected chi connectivity index (χ2v) is 9.76. The highest BCUT2D eigenvalue weighted by molar-refractivity contribution is 5.86. The average molecular weight is 529 g/mol. The highest BCUT2D eigenvalue weighted by atomic mass is 19.1. The number of cyclic esters (lactones) is 2. The van der Waals surface area contributed by atoms with Crippen LogP contribution in [0.5, 0.6) is 11.5 Å². The number of rotatable bonds is 15. The minimum atomic E-state index is -0.855. The van der Waals surface area contributed by atoms with Crippen LogP contribution in [0.4, 0.5) is 9.18 Å². The molecule has 1 aliphatic rings. The number of carbonyl (C=O) groups excluding carboxylic acids is 2. The minimum Gasteiger partial charge on any atom is -0.493 e. The number of benzene rings is 2. The Morgan fingerprint density at radius 1 is 0.947 bits per heavy atom. The lowest BCUT2D eigenvalue weighted by molar-refractivity contribution is -0.151. The van der Waals surface area contributed by atoms with Crippen molar-refractivity contribution >= 4 is 12.1 Å². The monoisotopic (exact) mass is 528 g/mol. The quantitative estimate of drug-likeness (QED) is 0.142. The third-order valence-corrected chi connectivity index (χ3v) is 6.27. The van der Waals surface area contributed by atoms with E-state index in [1.165, 1.54) is 31.7 Å². The average Bonchev–Trinajstić information content (AvgIpc) is 2.92. The molecular weight excluding hydrogens is 491 g/mol. The van der Waals surface area contributed by atoms with Crippen LogP contribution in [0.25, 0.3) is 11.1 Å². The molecule has 2 aromatic rings. The van der Waals surface area contributed by atoms with E-state index in [0.29, 0.717) is 12.4 Å². The predicted octanol–water partition coefficient (Wildman–Crippen LogP) is 6.88. The van der Waals surface area contributed by atoms with Crippen molar-refractivity contribution in [1.29, 1.82) is 0 Å². The Kier molecular flexibility index (Phi) is 11.0. The number of hydrogen-bond donors (Lipinski definition) is 0. The van der Waals surface area contributed by atoms with Gasteiger partial charge in [0.15, 0.2) is 11.6 Å². The van der Waals surface area contributed by atoms with Gasteiger partial charge in [0.1, 0.15) is 37.6 Å². The first-order valence-corrected chi connectivity index (χ1v) is 13.1. The molecule has 206 valence electrons. The Balaban J connectivity index is 1.54. The first-order valence-electron chi connectivity index (χ1n) is 13.1. The van der Waals surface area contributed by atoms with Crippen molar-refractivity contribution in [2.75, 3.05) is 33.0 Å². The van der Waals surface area contributed by atoms with Gasteiger partial charge in [-0.05, 0) is 48.7 Å². The topological polar surface area (TPSA) is 80.3 Å². The molecule has 7 nitrogen and oxygen atoms in total. The zero-order valence-corrected chi connectivity index (χ0v) is 22.3. The van der Waals surface area contributed by atoms with E-state index in [1.807, 2.05) is 18.2 Å². The number of hydrogen-bond acceptors (Lipinski definition) is 7. The Hall–Kier alpha value is -3.55. The van der Waals surface area contributed by atoms with Gasteiger partial charge in [0.2, 0.25) is 0 Å². The molecule has 0 amide bonds. The van der Waals surface area contributed by atoms with Crippen LogP contribution in [0, 0.1) is 11.2 Å². The summed E-state index contributed by atoms with van der Waals surface area (Å²) in [6.07, 6.45) is 6.12. The second-order valence-electron chi connectivity index (χ2n) is 9.76.